The number of para-hydroxylation sites is 1. The van der Waals surface area contributed by atoms with Crippen molar-refractivity contribution in [2.75, 3.05) is 4.90 Å². The summed E-state index contributed by atoms with van der Waals surface area (Å²) in [5.41, 5.74) is 3.57. The third-order valence-corrected chi connectivity index (χ3v) is 6.52. The summed E-state index contributed by atoms with van der Waals surface area (Å²) < 4.78 is 0. The van der Waals surface area contributed by atoms with E-state index in [1.54, 1.807) is 29.2 Å². The maximum absolute atomic E-state index is 13.6. The highest BCUT2D eigenvalue weighted by atomic mass is 16.3. The van der Waals surface area contributed by atoms with Crippen molar-refractivity contribution in [3.05, 3.63) is 119 Å². The van der Waals surface area contributed by atoms with Crippen LogP contribution in [-0.2, 0) is 21.7 Å². The SMILES string of the molecule is Cc1ccc(C(C)C)cc1CN1C(=O)C(O)(CC(=O)/C=C/C=C\c2ccccc2)c2ccccc21. The van der Waals surface area contributed by atoms with Crippen molar-refractivity contribution in [2.45, 2.75) is 45.3 Å². The minimum absolute atomic E-state index is 0.306. The maximum Gasteiger partial charge on any atom is 0.264 e. The second-order valence-electron chi connectivity index (χ2n) is 9.38. The summed E-state index contributed by atoms with van der Waals surface area (Å²) in [6.45, 7) is 6.64. The normalized spacial score (nSPS) is 17.6. The fourth-order valence-electron chi connectivity index (χ4n) is 4.43. The van der Waals surface area contributed by atoms with Gasteiger partial charge < -0.3 is 10.0 Å². The standard InChI is InChI=1S/C31H31NO3/c1-22(2)25-18-17-23(3)26(19-25)21-32-29-16-10-9-15-28(29)31(35,30(32)34)20-27(33)14-8-7-13-24-11-5-4-6-12-24/h4-19,22,35H,20-21H2,1-3H3/b13-7-,14-8+. The van der Waals surface area contributed by atoms with Gasteiger partial charge in [-0.05, 0) is 47.2 Å². The molecular formula is C31H31NO3. The first-order valence-corrected chi connectivity index (χ1v) is 12.0. The van der Waals surface area contributed by atoms with Crippen molar-refractivity contribution in [1.29, 1.82) is 0 Å². The van der Waals surface area contributed by atoms with Gasteiger partial charge in [-0.1, -0.05) is 98.8 Å². The van der Waals surface area contributed by atoms with E-state index >= 15 is 0 Å². The number of benzene rings is 3. The van der Waals surface area contributed by atoms with Crippen molar-refractivity contribution < 1.29 is 14.7 Å². The average molecular weight is 466 g/mol. The molecule has 1 atom stereocenters. The van der Waals surface area contributed by atoms with Gasteiger partial charge in [-0.15, -0.1) is 0 Å². The lowest BCUT2D eigenvalue weighted by Crippen LogP contribution is -2.41. The molecule has 4 rings (SSSR count). The molecule has 0 bridgehead atoms. The van der Waals surface area contributed by atoms with Crippen LogP contribution >= 0.6 is 0 Å². The van der Waals surface area contributed by atoms with Gasteiger partial charge in [0.25, 0.3) is 5.91 Å². The van der Waals surface area contributed by atoms with E-state index in [9.17, 15) is 14.7 Å². The number of nitrogens with zero attached hydrogens (tertiary/aromatic N) is 1. The highest BCUT2D eigenvalue weighted by Crippen LogP contribution is 2.43. The topological polar surface area (TPSA) is 57.6 Å². The van der Waals surface area contributed by atoms with E-state index in [-0.39, 0.29) is 12.2 Å². The molecule has 0 aromatic heterocycles. The van der Waals surface area contributed by atoms with Crippen LogP contribution in [0.15, 0.2) is 91.0 Å². The molecule has 0 aliphatic carbocycles. The number of carbonyl (C=O) groups is 2. The number of carbonyl (C=O) groups excluding carboxylic acids is 2. The zero-order valence-corrected chi connectivity index (χ0v) is 20.4. The Hall–Kier alpha value is -3.76. The van der Waals surface area contributed by atoms with Crippen LogP contribution in [0, 0.1) is 6.92 Å². The quantitative estimate of drug-likeness (QED) is 0.324. The van der Waals surface area contributed by atoms with E-state index in [4.69, 9.17) is 0 Å². The molecule has 1 amide bonds. The van der Waals surface area contributed by atoms with Gasteiger partial charge in [0.2, 0.25) is 0 Å². The van der Waals surface area contributed by atoms with Gasteiger partial charge >= 0.3 is 0 Å². The molecule has 0 spiro atoms. The molecule has 4 heteroatoms. The number of fused-ring (bicyclic) bond motifs is 1. The minimum atomic E-state index is -1.88. The Balaban J connectivity index is 1.55. The smallest absolute Gasteiger partial charge is 0.264 e. The summed E-state index contributed by atoms with van der Waals surface area (Å²) in [7, 11) is 0. The summed E-state index contributed by atoms with van der Waals surface area (Å²) in [5.74, 6) is -0.406. The Bertz CT molecular complexity index is 1290. The minimum Gasteiger partial charge on any atom is -0.375 e. The molecule has 178 valence electrons. The lowest BCUT2D eigenvalue weighted by molar-refractivity contribution is -0.140. The van der Waals surface area contributed by atoms with Crippen molar-refractivity contribution in [1.82, 2.24) is 0 Å². The molecule has 0 radical (unpaired) electrons. The van der Waals surface area contributed by atoms with Gasteiger partial charge in [-0.3, -0.25) is 9.59 Å². The van der Waals surface area contributed by atoms with Crippen molar-refractivity contribution >= 4 is 23.5 Å². The van der Waals surface area contributed by atoms with Crippen molar-refractivity contribution in [2.24, 2.45) is 0 Å². The fourth-order valence-corrected chi connectivity index (χ4v) is 4.43. The number of allylic oxidation sites excluding steroid dienone is 3. The van der Waals surface area contributed by atoms with Gasteiger partial charge in [0.05, 0.1) is 18.7 Å². The lowest BCUT2D eigenvalue weighted by atomic mass is 9.90. The van der Waals surface area contributed by atoms with Crippen LogP contribution in [0.3, 0.4) is 0 Å². The third kappa shape index (κ3) is 5.18. The van der Waals surface area contributed by atoms with Crippen LogP contribution in [0.5, 0.6) is 0 Å². The Morgan fingerprint density at radius 1 is 1.00 bits per heavy atom. The molecule has 4 nitrogen and oxygen atoms in total. The molecular weight excluding hydrogens is 434 g/mol. The Morgan fingerprint density at radius 2 is 1.71 bits per heavy atom. The van der Waals surface area contributed by atoms with Gasteiger partial charge in [0.1, 0.15) is 0 Å². The zero-order chi connectivity index (χ0) is 25.0. The summed E-state index contributed by atoms with van der Waals surface area (Å²) in [4.78, 5) is 27.9. The van der Waals surface area contributed by atoms with Crippen molar-refractivity contribution in [3.63, 3.8) is 0 Å². The van der Waals surface area contributed by atoms with E-state index in [1.807, 2.05) is 55.5 Å². The largest absolute Gasteiger partial charge is 0.375 e. The van der Waals surface area contributed by atoms with E-state index in [0.717, 1.165) is 16.7 Å². The maximum atomic E-state index is 13.6. The monoisotopic (exact) mass is 465 g/mol. The molecule has 1 unspecified atom stereocenters. The predicted molar refractivity (Wildman–Crippen MR) is 141 cm³/mol. The van der Waals surface area contributed by atoms with Crippen LogP contribution < -0.4 is 4.90 Å². The van der Waals surface area contributed by atoms with E-state index in [2.05, 4.69) is 32.0 Å². The summed E-state index contributed by atoms with van der Waals surface area (Å²) in [5, 5.41) is 11.5. The summed E-state index contributed by atoms with van der Waals surface area (Å²) in [6.07, 6.45) is 6.41. The molecule has 1 heterocycles. The van der Waals surface area contributed by atoms with Gasteiger partial charge in [0, 0.05) is 5.56 Å². The number of rotatable bonds is 8. The number of anilines is 1. The Morgan fingerprint density at radius 3 is 2.46 bits per heavy atom. The Kier molecular flexibility index (Phi) is 7.13. The van der Waals surface area contributed by atoms with Gasteiger partial charge in [-0.2, -0.15) is 0 Å². The van der Waals surface area contributed by atoms with Crippen LogP contribution in [0.25, 0.3) is 6.08 Å². The predicted octanol–water partition coefficient (Wildman–Crippen LogP) is 6.08. The molecule has 35 heavy (non-hydrogen) atoms. The molecule has 3 aromatic rings. The average Bonchev–Trinajstić information content (AvgIpc) is 3.05. The third-order valence-electron chi connectivity index (χ3n) is 6.52. The van der Waals surface area contributed by atoms with Crippen molar-refractivity contribution in [3.8, 4) is 0 Å². The molecule has 0 fully saturated rings. The molecule has 1 aliphatic heterocycles. The molecule has 0 saturated heterocycles. The molecule has 1 aliphatic rings. The highest BCUT2D eigenvalue weighted by molar-refractivity contribution is 6.09. The second kappa shape index (κ2) is 10.2. The number of hydrogen-bond acceptors (Lipinski definition) is 3. The van der Waals surface area contributed by atoms with Crippen LogP contribution in [0.2, 0.25) is 0 Å². The number of ketones is 1. The van der Waals surface area contributed by atoms with Crippen LogP contribution in [-0.4, -0.2) is 16.8 Å². The van der Waals surface area contributed by atoms with Crippen LogP contribution in [0.4, 0.5) is 5.69 Å². The first-order chi connectivity index (χ1) is 16.8. The second-order valence-corrected chi connectivity index (χ2v) is 9.38. The molecule has 3 aromatic carbocycles. The van der Waals surface area contributed by atoms with E-state index in [0.29, 0.717) is 23.7 Å². The fraction of sp³-hybridized carbons (Fsp3) is 0.226. The lowest BCUT2D eigenvalue weighted by Gasteiger charge is -2.23. The molecule has 0 saturated carbocycles. The van der Waals surface area contributed by atoms with Gasteiger partial charge in [0.15, 0.2) is 11.4 Å². The first kappa shape index (κ1) is 24.4. The number of hydrogen-bond donors (Lipinski definition) is 1. The Labute approximate surface area is 207 Å². The number of aryl methyl sites for hydroxylation is 1. The molecule has 1 N–H and O–H groups in total. The summed E-state index contributed by atoms with van der Waals surface area (Å²) >= 11 is 0. The first-order valence-electron chi connectivity index (χ1n) is 12.0. The van der Waals surface area contributed by atoms with Gasteiger partial charge in [-0.25, -0.2) is 0 Å². The van der Waals surface area contributed by atoms with Crippen LogP contribution in [0.1, 0.15) is 54.0 Å². The zero-order valence-electron chi connectivity index (χ0n) is 20.4. The van der Waals surface area contributed by atoms with E-state index < -0.39 is 11.5 Å². The number of aliphatic hydroxyl groups is 1. The highest BCUT2D eigenvalue weighted by Gasteiger charge is 2.50. The number of amides is 1. The summed E-state index contributed by atoms with van der Waals surface area (Å²) in [6, 6.07) is 23.3. The van der Waals surface area contributed by atoms with E-state index in [1.165, 1.54) is 11.6 Å².